The summed E-state index contributed by atoms with van der Waals surface area (Å²) in [5, 5.41) is 0. The van der Waals surface area contributed by atoms with E-state index in [0.717, 1.165) is 42.5 Å². The lowest BCUT2D eigenvalue weighted by atomic mass is 10.0. The fourth-order valence-corrected chi connectivity index (χ4v) is 5.72. The van der Waals surface area contributed by atoms with Gasteiger partial charge in [0.25, 0.3) is 0 Å². The van der Waals surface area contributed by atoms with Crippen LogP contribution in [0.5, 0.6) is 0 Å². The first kappa shape index (κ1) is 18.2. The van der Waals surface area contributed by atoms with Crippen molar-refractivity contribution in [2.24, 2.45) is 0 Å². The molecule has 1 aliphatic heterocycles. The zero-order valence-electron chi connectivity index (χ0n) is 15.7. The Morgan fingerprint density at radius 1 is 1.11 bits per heavy atom. The SMILES string of the molecule is CC(=O)N1CCCc2cc(S(=O)(=O)N(C)C3CCc4ccccc43)ccc21. The van der Waals surface area contributed by atoms with E-state index >= 15 is 0 Å². The van der Waals surface area contributed by atoms with Crippen LogP contribution in [0.4, 0.5) is 5.69 Å². The fourth-order valence-electron chi connectivity index (χ4n) is 4.31. The number of nitrogens with zero attached hydrogens (tertiary/aromatic N) is 2. The van der Waals surface area contributed by atoms with Crippen LogP contribution in [-0.2, 0) is 27.7 Å². The molecule has 5 nitrogen and oxygen atoms in total. The molecule has 0 bridgehead atoms. The predicted molar refractivity (Wildman–Crippen MR) is 105 cm³/mol. The van der Waals surface area contributed by atoms with Gasteiger partial charge >= 0.3 is 0 Å². The highest BCUT2D eigenvalue weighted by Gasteiger charge is 2.34. The van der Waals surface area contributed by atoms with E-state index in [9.17, 15) is 13.2 Å². The first-order chi connectivity index (χ1) is 12.9. The van der Waals surface area contributed by atoms with Crippen molar-refractivity contribution in [1.29, 1.82) is 0 Å². The van der Waals surface area contributed by atoms with Gasteiger partial charge in [0, 0.05) is 26.2 Å². The Morgan fingerprint density at radius 3 is 2.67 bits per heavy atom. The Morgan fingerprint density at radius 2 is 1.89 bits per heavy atom. The monoisotopic (exact) mass is 384 g/mol. The van der Waals surface area contributed by atoms with E-state index in [1.807, 2.05) is 18.2 Å². The molecule has 1 atom stereocenters. The standard InChI is InChI=1S/C21H24N2O3S/c1-15(24)23-13-5-7-17-14-18(10-12-20(17)23)27(25,26)22(2)21-11-9-16-6-3-4-8-19(16)21/h3-4,6,8,10,12,14,21H,5,7,9,11,13H2,1-2H3. The quantitative estimate of drug-likeness (QED) is 0.816. The molecule has 1 aliphatic carbocycles. The molecule has 0 fully saturated rings. The minimum Gasteiger partial charge on any atom is -0.312 e. The number of aryl methyl sites for hydroxylation is 2. The van der Waals surface area contributed by atoms with E-state index in [1.165, 1.54) is 9.87 Å². The highest BCUT2D eigenvalue weighted by Crippen LogP contribution is 2.38. The van der Waals surface area contributed by atoms with Crippen LogP contribution in [0.2, 0.25) is 0 Å². The van der Waals surface area contributed by atoms with Gasteiger partial charge in [0.05, 0.1) is 10.9 Å². The second-order valence-electron chi connectivity index (χ2n) is 7.34. The Labute approximate surface area is 160 Å². The number of benzene rings is 2. The largest absolute Gasteiger partial charge is 0.312 e. The summed E-state index contributed by atoms with van der Waals surface area (Å²) >= 11 is 0. The first-order valence-electron chi connectivity index (χ1n) is 9.36. The highest BCUT2D eigenvalue weighted by atomic mass is 32.2. The van der Waals surface area contributed by atoms with Crippen molar-refractivity contribution < 1.29 is 13.2 Å². The van der Waals surface area contributed by atoms with Crippen LogP contribution < -0.4 is 4.90 Å². The van der Waals surface area contributed by atoms with Gasteiger partial charge in [-0.15, -0.1) is 0 Å². The van der Waals surface area contributed by atoms with Gasteiger partial charge in [0.2, 0.25) is 15.9 Å². The lowest BCUT2D eigenvalue weighted by Crippen LogP contribution is -2.34. The normalized spacial score (nSPS) is 19.1. The summed E-state index contributed by atoms with van der Waals surface area (Å²) < 4.78 is 28.1. The minimum atomic E-state index is -3.61. The Bertz CT molecular complexity index is 1000. The number of carbonyl (C=O) groups is 1. The molecule has 0 saturated carbocycles. The molecule has 4 rings (SSSR count). The summed E-state index contributed by atoms with van der Waals surface area (Å²) in [5.74, 6) is -0.00811. The van der Waals surface area contributed by atoms with Gasteiger partial charge in [-0.1, -0.05) is 24.3 Å². The maximum absolute atomic E-state index is 13.3. The molecular formula is C21H24N2O3S. The third kappa shape index (κ3) is 3.07. The zero-order valence-corrected chi connectivity index (χ0v) is 16.5. The average molecular weight is 385 g/mol. The van der Waals surface area contributed by atoms with E-state index in [1.54, 1.807) is 37.1 Å². The third-order valence-corrected chi connectivity index (χ3v) is 7.63. The average Bonchev–Trinajstić information content (AvgIpc) is 3.10. The summed E-state index contributed by atoms with van der Waals surface area (Å²) in [7, 11) is -1.94. The molecule has 27 heavy (non-hydrogen) atoms. The van der Waals surface area contributed by atoms with Gasteiger partial charge in [-0.2, -0.15) is 4.31 Å². The Balaban J connectivity index is 1.68. The van der Waals surface area contributed by atoms with Crippen LogP contribution in [0.25, 0.3) is 0 Å². The fraction of sp³-hybridized carbons (Fsp3) is 0.381. The number of rotatable bonds is 3. The smallest absolute Gasteiger partial charge is 0.243 e. The molecule has 6 heteroatoms. The van der Waals surface area contributed by atoms with Crippen LogP contribution >= 0.6 is 0 Å². The lowest BCUT2D eigenvalue weighted by molar-refractivity contribution is -0.116. The van der Waals surface area contributed by atoms with Crippen LogP contribution in [0.3, 0.4) is 0 Å². The van der Waals surface area contributed by atoms with Crippen LogP contribution in [0, 0.1) is 0 Å². The van der Waals surface area contributed by atoms with Crippen molar-refractivity contribution in [3.63, 3.8) is 0 Å². The second-order valence-corrected chi connectivity index (χ2v) is 9.34. The van der Waals surface area contributed by atoms with Crippen molar-refractivity contribution >= 4 is 21.6 Å². The van der Waals surface area contributed by atoms with Gasteiger partial charge in [-0.05, 0) is 60.6 Å². The predicted octanol–water partition coefficient (Wildman–Crippen LogP) is 3.29. The van der Waals surface area contributed by atoms with Crippen LogP contribution in [0.1, 0.15) is 42.5 Å². The zero-order chi connectivity index (χ0) is 19.2. The molecule has 1 amide bonds. The number of amides is 1. The molecule has 0 saturated heterocycles. The topological polar surface area (TPSA) is 57.7 Å². The van der Waals surface area contributed by atoms with E-state index in [-0.39, 0.29) is 11.9 Å². The number of hydrogen-bond acceptors (Lipinski definition) is 3. The van der Waals surface area contributed by atoms with Gasteiger partial charge in [0.1, 0.15) is 0 Å². The third-order valence-electron chi connectivity index (χ3n) is 5.77. The summed E-state index contributed by atoms with van der Waals surface area (Å²) in [6.45, 7) is 2.23. The van der Waals surface area contributed by atoms with Gasteiger partial charge in [0.15, 0.2) is 0 Å². The number of anilines is 1. The number of hydrogen-bond donors (Lipinski definition) is 0. The number of carbonyl (C=O) groups excluding carboxylic acids is 1. The molecule has 2 aliphatic rings. The molecule has 2 aromatic carbocycles. The molecule has 2 aromatic rings. The lowest BCUT2D eigenvalue weighted by Gasteiger charge is -2.30. The van der Waals surface area contributed by atoms with E-state index in [2.05, 4.69) is 6.07 Å². The van der Waals surface area contributed by atoms with Crippen LogP contribution in [0.15, 0.2) is 47.4 Å². The van der Waals surface area contributed by atoms with Crippen molar-refractivity contribution in [1.82, 2.24) is 4.31 Å². The molecule has 1 unspecified atom stereocenters. The number of fused-ring (bicyclic) bond motifs is 2. The summed E-state index contributed by atoms with van der Waals surface area (Å²) in [5.41, 5.74) is 4.09. The van der Waals surface area contributed by atoms with Gasteiger partial charge in [-0.25, -0.2) is 8.42 Å². The highest BCUT2D eigenvalue weighted by molar-refractivity contribution is 7.89. The van der Waals surface area contributed by atoms with Gasteiger partial charge < -0.3 is 4.90 Å². The molecule has 0 aromatic heterocycles. The summed E-state index contributed by atoms with van der Waals surface area (Å²) in [6, 6.07) is 13.1. The van der Waals surface area contributed by atoms with Crippen molar-refractivity contribution in [2.75, 3.05) is 18.5 Å². The number of sulfonamides is 1. The van der Waals surface area contributed by atoms with Gasteiger partial charge in [-0.3, -0.25) is 4.79 Å². The molecule has 0 spiro atoms. The first-order valence-corrected chi connectivity index (χ1v) is 10.8. The van der Waals surface area contributed by atoms with E-state index in [4.69, 9.17) is 0 Å². The van der Waals surface area contributed by atoms with Crippen molar-refractivity contribution in [2.45, 2.75) is 43.5 Å². The van der Waals surface area contributed by atoms with Crippen LogP contribution in [-0.4, -0.2) is 32.2 Å². The summed E-state index contributed by atoms with van der Waals surface area (Å²) in [4.78, 5) is 13.9. The van der Waals surface area contributed by atoms with Crippen molar-refractivity contribution in [3.8, 4) is 0 Å². The Kier molecular flexibility index (Phi) is 4.56. The molecule has 1 heterocycles. The Hall–Kier alpha value is -2.18. The summed E-state index contributed by atoms with van der Waals surface area (Å²) in [6.07, 6.45) is 3.34. The minimum absolute atomic E-state index is 0.00811. The maximum Gasteiger partial charge on any atom is 0.243 e. The maximum atomic E-state index is 13.3. The van der Waals surface area contributed by atoms with E-state index < -0.39 is 10.0 Å². The van der Waals surface area contributed by atoms with E-state index in [0.29, 0.717) is 11.4 Å². The second kappa shape index (κ2) is 6.77. The molecule has 0 N–H and O–H groups in total. The van der Waals surface area contributed by atoms with Crippen molar-refractivity contribution in [3.05, 3.63) is 59.2 Å². The molecule has 0 radical (unpaired) electrons. The molecule has 142 valence electrons. The molecular weight excluding hydrogens is 360 g/mol.